The van der Waals surface area contributed by atoms with E-state index in [1.807, 2.05) is 25.2 Å². The van der Waals surface area contributed by atoms with E-state index < -0.39 is 0 Å². The fraction of sp³-hybridized carbons (Fsp3) is 0.364. The molecule has 1 aliphatic heterocycles. The summed E-state index contributed by atoms with van der Waals surface area (Å²) in [5.74, 6) is 0. The number of para-hydroxylation sites is 1. The van der Waals surface area contributed by atoms with Crippen LogP contribution in [0.25, 0.3) is 0 Å². The maximum atomic E-state index is 11.7. The van der Waals surface area contributed by atoms with E-state index in [1.165, 1.54) is 0 Å². The molecule has 1 saturated heterocycles. The number of nitrogens with one attached hydrogen (secondary N) is 2. The molecule has 86 valence electrons. The monoisotopic (exact) mass is 239 g/mol. The number of amides is 2. The molecule has 5 heteroatoms. The lowest BCUT2D eigenvalue weighted by molar-refractivity contribution is 0.251. The van der Waals surface area contributed by atoms with Crippen molar-refractivity contribution in [1.29, 1.82) is 0 Å². The molecule has 1 aromatic rings. The van der Waals surface area contributed by atoms with E-state index in [1.54, 1.807) is 11.0 Å². The first-order valence-corrected chi connectivity index (χ1v) is 5.57. The summed E-state index contributed by atoms with van der Waals surface area (Å²) in [7, 11) is 1.87. The van der Waals surface area contributed by atoms with Gasteiger partial charge in [-0.25, -0.2) is 4.79 Å². The summed E-state index contributed by atoms with van der Waals surface area (Å²) in [6.45, 7) is 1.40. The van der Waals surface area contributed by atoms with E-state index in [9.17, 15) is 4.79 Å². The molecule has 1 unspecified atom stereocenters. The van der Waals surface area contributed by atoms with Gasteiger partial charge in [0.2, 0.25) is 0 Å². The molecule has 0 spiro atoms. The highest BCUT2D eigenvalue weighted by atomic mass is 35.5. The Morgan fingerprint density at radius 3 is 3.00 bits per heavy atom. The lowest BCUT2D eigenvalue weighted by Gasteiger charge is -2.16. The number of carbonyl (C=O) groups excluding carboxylic acids is 1. The predicted octanol–water partition coefficient (Wildman–Crippen LogP) is 1.46. The van der Waals surface area contributed by atoms with Crippen molar-refractivity contribution >= 4 is 23.3 Å². The second kappa shape index (κ2) is 4.72. The minimum atomic E-state index is -0.0895. The Bertz CT molecular complexity index is 397. The smallest absolute Gasteiger partial charge is 0.322 e. The largest absolute Gasteiger partial charge is 0.332 e. The van der Waals surface area contributed by atoms with E-state index in [0.29, 0.717) is 11.6 Å². The van der Waals surface area contributed by atoms with Gasteiger partial charge in [-0.05, 0) is 19.2 Å². The summed E-state index contributed by atoms with van der Waals surface area (Å²) in [6, 6.07) is 7.41. The molecular weight excluding hydrogens is 226 g/mol. The number of anilines is 1. The van der Waals surface area contributed by atoms with Crippen LogP contribution in [0.2, 0.25) is 5.02 Å². The summed E-state index contributed by atoms with van der Waals surface area (Å²) in [5.41, 5.74) is 0.764. The molecule has 0 aromatic heterocycles. The molecule has 1 atom stereocenters. The summed E-state index contributed by atoms with van der Waals surface area (Å²) in [4.78, 5) is 13.4. The Kier molecular flexibility index (Phi) is 3.31. The third kappa shape index (κ3) is 2.13. The second-order valence-corrected chi connectivity index (χ2v) is 4.17. The van der Waals surface area contributed by atoms with Gasteiger partial charge in [0.15, 0.2) is 0 Å². The minimum Gasteiger partial charge on any atom is -0.332 e. The Morgan fingerprint density at radius 2 is 2.31 bits per heavy atom. The van der Waals surface area contributed by atoms with Crippen LogP contribution in [0.3, 0.4) is 0 Å². The number of halogens is 1. The number of carbonyl (C=O) groups is 1. The van der Waals surface area contributed by atoms with Gasteiger partial charge in [-0.3, -0.25) is 4.90 Å². The van der Waals surface area contributed by atoms with Crippen LogP contribution in [-0.4, -0.2) is 32.2 Å². The Hall–Kier alpha value is -1.26. The third-order valence-corrected chi connectivity index (χ3v) is 2.89. The highest BCUT2D eigenvalue weighted by Crippen LogP contribution is 2.26. The van der Waals surface area contributed by atoms with Gasteiger partial charge in [0.05, 0.1) is 16.8 Å². The van der Waals surface area contributed by atoms with Gasteiger partial charge in [-0.1, -0.05) is 23.7 Å². The summed E-state index contributed by atoms with van der Waals surface area (Å²) in [5, 5.41) is 6.54. The fourth-order valence-corrected chi connectivity index (χ4v) is 2.08. The van der Waals surface area contributed by atoms with Crippen molar-refractivity contribution in [2.45, 2.75) is 6.04 Å². The minimum absolute atomic E-state index is 0.0895. The molecule has 16 heavy (non-hydrogen) atoms. The second-order valence-electron chi connectivity index (χ2n) is 3.77. The van der Waals surface area contributed by atoms with Crippen LogP contribution in [0.4, 0.5) is 10.5 Å². The van der Waals surface area contributed by atoms with E-state index in [0.717, 1.165) is 12.2 Å². The lowest BCUT2D eigenvalue weighted by Crippen LogP contribution is -2.35. The van der Waals surface area contributed by atoms with Crippen molar-refractivity contribution in [2.75, 3.05) is 25.0 Å². The van der Waals surface area contributed by atoms with Crippen molar-refractivity contribution in [3.63, 3.8) is 0 Å². The molecule has 0 saturated carbocycles. The van der Waals surface area contributed by atoms with Crippen LogP contribution in [0.15, 0.2) is 24.3 Å². The number of likely N-dealkylation sites (N-methyl/N-ethyl adjacent to an activating group) is 1. The first-order valence-electron chi connectivity index (χ1n) is 5.19. The van der Waals surface area contributed by atoms with E-state index in [4.69, 9.17) is 11.6 Å². The number of hydrogen-bond acceptors (Lipinski definition) is 2. The van der Waals surface area contributed by atoms with Gasteiger partial charge >= 0.3 is 6.03 Å². The molecule has 1 aromatic carbocycles. The highest BCUT2D eigenvalue weighted by Gasteiger charge is 2.30. The average Bonchev–Trinajstić information content (AvgIpc) is 2.61. The topological polar surface area (TPSA) is 44.4 Å². The van der Waals surface area contributed by atoms with E-state index >= 15 is 0 Å². The standard InChI is InChI=1S/C11H14ClN3O/c1-13-6-8-7-15(11(16)14-8)10-5-3-2-4-9(10)12/h2-5,8,13H,6-7H2,1H3,(H,14,16). The first-order chi connectivity index (χ1) is 7.72. The van der Waals surface area contributed by atoms with Crippen molar-refractivity contribution in [3.05, 3.63) is 29.3 Å². The van der Waals surface area contributed by atoms with E-state index in [2.05, 4.69) is 10.6 Å². The number of rotatable bonds is 3. The summed E-state index contributed by atoms with van der Waals surface area (Å²) in [6.07, 6.45) is 0. The SMILES string of the molecule is CNCC1CN(c2ccccc2Cl)C(=O)N1. The number of benzene rings is 1. The maximum Gasteiger partial charge on any atom is 0.322 e. The Morgan fingerprint density at radius 1 is 1.56 bits per heavy atom. The zero-order valence-electron chi connectivity index (χ0n) is 9.03. The van der Waals surface area contributed by atoms with E-state index in [-0.39, 0.29) is 12.1 Å². The fourth-order valence-electron chi connectivity index (χ4n) is 1.84. The number of nitrogens with zero attached hydrogens (tertiary/aromatic N) is 1. The van der Waals surface area contributed by atoms with Crippen LogP contribution >= 0.6 is 11.6 Å². The molecule has 1 heterocycles. The Labute approximate surface area is 99.6 Å². The van der Waals surface area contributed by atoms with Crippen molar-refractivity contribution in [3.8, 4) is 0 Å². The zero-order chi connectivity index (χ0) is 11.5. The molecule has 0 aliphatic carbocycles. The van der Waals surface area contributed by atoms with Crippen molar-refractivity contribution in [1.82, 2.24) is 10.6 Å². The Balaban J connectivity index is 2.17. The molecule has 2 rings (SSSR count). The lowest BCUT2D eigenvalue weighted by atomic mass is 10.2. The summed E-state index contributed by atoms with van der Waals surface area (Å²) < 4.78 is 0. The maximum absolute atomic E-state index is 11.7. The van der Waals surface area contributed by atoms with Gasteiger partial charge in [-0.15, -0.1) is 0 Å². The predicted molar refractivity (Wildman–Crippen MR) is 65.0 cm³/mol. The van der Waals surface area contributed by atoms with Gasteiger partial charge in [-0.2, -0.15) is 0 Å². The zero-order valence-corrected chi connectivity index (χ0v) is 9.79. The molecule has 0 bridgehead atoms. The number of urea groups is 1. The highest BCUT2D eigenvalue weighted by molar-refractivity contribution is 6.33. The molecule has 2 amide bonds. The van der Waals surface area contributed by atoms with Crippen LogP contribution < -0.4 is 15.5 Å². The quantitative estimate of drug-likeness (QED) is 0.839. The van der Waals surface area contributed by atoms with Crippen LogP contribution in [0.1, 0.15) is 0 Å². The summed E-state index contributed by atoms with van der Waals surface area (Å²) >= 11 is 6.06. The van der Waals surface area contributed by atoms with Gasteiger partial charge < -0.3 is 10.6 Å². The van der Waals surface area contributed by atoms with Gasteiger partial charge in [0.25, 0.3) is 0 Å². The first kappa shape index (κ1) is 11.2. The third-order valence-electron chi connectivity index (χ3n) is 2.57. The van der Waals surface area contributed by atoms with Gasteiger partial charge in [0.1, 0.15) is 0 Å². The van der Waals surface area contributed by atoms with Crippen LogP contribution in [-0.2, 0) is 0 Å². The molecule has 1 fully saturated rings. The van der Waals surface area contributed by atoms with Crippen molar-refractivity contribution < 1.29 is 4.79 Å². The van der Waals surface area contributed by atoms with Crippen molar-refractivity contribution in [2.24, 2.45) is 0 Å². The molecule has 1 aliphatic rings. The molecule has 4 nitrogen and oxygen atoms in total. The normalized spacial score (nSPS) is 20.0. The van der Waals surface area contributed by atoms with Crippen LogP contribution in [0, 0.1) is 0 Å². The average molecular weight is 240 g/mol. The number of hydrogen-bond donors (Lipinski definition) is 2. The van der Waals surface area contributed by atoms with Crippen LogP contribution in [0.5, 0.6) is 0 Å². The molecular formula is C11H14ClN3O. The van der Waals surface area contributed by atoms with Gasteiger partial charge in [0, 0.05) is 13.1 Å². The molecule has 2 N–H and O–H groups in total. The molecule has 0 radical (unpaired) electrons.